The van der Waals surface area contributed by atoms with E-state index in [0.717, 1.165) is 34.9 Å². The summed E-state index contributed by atoms with van der Waals surface area (Å²) < 4.78 is 5.16. The fourth-order valence-electron chi connectivity index (χ4n) is 3.24. The summed E-state index contributed by atoms with van der Waals surface area (Å²) in [6, 6.07) is 7.34. The molecule has 2 aliphatic heterocycles. The van der Waals surface area contributed by atoms with Gasteiger partial charge in [0.05, 0.1) is 17.5 Å². The van der Waals surface area contributed by atoms with Crippen LogP contribution in [-0.2, 0) is 4.79 Å². The lowest BCUT2D eigenvalue weighted by molar-refractivity contribution is -0.113. The number of thioether (sulfide) groups is 1. The molecule has 6 nitrogen and oxygen atoms in total. The van der Waals surface area contributed by atoms with Crippen LogP contribution in [0, 0.1) is 6.92 Å². The van der Waals surface area contributed by atoms with Crippen LogP contribution < -0.4 is 5.32 Å². The van der Waals surface area contributed by atoms with Gasteiger partial charge in [-0.15, -0.1) is 11.8 Å². The van der Waals surface area contributed by atoms with E-state index in [4.69, 9.17) is 4.52 Å². The molecule has 1 aromatic carbocycles. The van der Waals surface area contributed by atoms with Crippen molar-refractivity contribution in [3.63, 3.8) is 0 Å². The van der Waals surface area contributed by atoms with Crippen molar-refractivity contribution in [2.75, 3.05) is 17.6 Å². The lowest BCUT2D eigenvalue weighted by Gasteiger charge is -2.24. The molecule has 2 amide bonds. The first-order valence-electron chi connectivity index (χ1n) is 7.93. The Kier molecular flexibility index (Phi) is 3.80. The van der Waals surface area contributed by atoms with E-state index in [2.05, 4.69) is 10.5 Å². The van der Waals surface area contributed by atoms with Crippen molar-refractivity contribution < 1.29 is 14.1 Å². The number of aryl methyl sites for hydroxylation is 1. The number of nitrogens with one attached hydrogen (secondary N) is 1. The summed E-state index contributed by atoms with van der Waals surface area (Å²) in [5.74, 6) is 1.10. The molecule has 124 valence electrons. The van der Waals surface area contributed by atoms with E-state index in [1.165, 1.54) is 11.8 Å². The highest BCUT2D eigenvalue weighted by Crippen LogP contribution is 2.35. The molecule has 1 unspecified atom stereocenters. The van der Waals surface area contributed by atoms with Crippen LogP contribution in [0.1, 0.15) is 40.7 Å². The Bertz CT molecular complexity index is 817. The van der Waals surface area contributed by atoms with Crippen LogP contribution in [0.4, 0.5) is 5.69 Å². The molecule has 7 heteroatoms. The van der Waals surface area contributed by atoms with Gasteiger partial charge in [-0.3, -0.25) is 9.59 Å². The normalized spacial score (nSPS) is 20.0. The Morgan fingerprint density at radius 2 is 2.29 bits per heavy atom. The number of carbonyl (C=O) groups excluding carboxylic acids is 2. The van der Waals surface area contributed by atoms with Crippen LogP contribution in [-0.4, -0.2) is 34.2 Å². The minimum Gasteiger partial charge on any atom is -0.361 e. The largest absolute Gasteiger partial charge is 0.361 e. The molecule has 3 heterocycles. The van der Waals surface area contributed by atoms with Crippen LogP contribution in [0.15, 0.2) is 33.7 Å². The summed E-state index contributed by atoms with van der Waals surface area (Å²) in [6.45, 7) is 2.55. The summed E-state index contributed by atoms with van der Waals surface area (Å²) in [5.41, 5.74) is 2.11. The first-order valence-corrected chi connectivity index (χ1v) is 8.91. The summed E-state index contributed by atoms with van der Waals surface area (Å²) in [4.78, 5) is 27.3. The van der Waals surface area contributed by atoms with E-state index in [1.54, 1.807) is 6.07 Å². The topological polar surface area (TPSA) is 75.4 Å². The van der Waals surface area contributed by atoms with Crippen molar-refractivity contribution in [2.24, 2.45) is 0 Å². The molecule has 4 rings (SSSR count). The third-order valence-corrected chi connectivity index (χ3v) is 5.43. The smallest absolute Gasteiger partial charge is 0.254 e. The second-order valence-corrected chi connectivity index (χ2v) is 7.08. The predicted molar refractivity (Wildman–Crippen MR) is 90.0 cm³/mol. The number of aromatic nitrogens is 1. The van der Waals surface area contributed by atoms with Crippen LogP contribution in [0.3, 0.4) is 0 Å². The number of amides is 2. The number of fused-ring (bicyclic) bond motifs is 1. The molecule has 0 radical (unpaired) electrons. The van der Waals surface area contributed by atoms with E-state index in [0.29, 0.717) is 17.9 Å². The maximum atomic E-state index is 13.0. The van der Waals surface area contributed by atoms with Gasteiger partial charge in [0.2, 0.25) is 5.91 Å². The Labute approximate surface area is 143 Å². The van der Waals surface area contributed by atoms with E-state index < -0.39 is 0 Å². The first kappa shape index (κ1) is 15.3. The molecule has 1 N–H and O–H groups in total. The Hall–Kier alpha value is -2.28. The number of benzene rings is 1. The maximum Gasteiger partial charge on any atom is 0.254 e. The highest BCUT2D eigenvalue weighted by Gasteiger charge is 2.33. The Morgan fingerprint density at radius 1 is 1.42 bits per heavy atom. The molecule has 24 heavy (non-hydrogen) atoms. The van der Waals surface area contributed by atoms with Gasteiger partial charge in [0.25, 0.3) is 5.91 Å². The number of likely N-dealkylation sites (tertiary alicyclic amines) is 1. The third kappa shape index (κ3) is 2.69. The quantitative estimate of drug-likeness (QED) is 0.907. The van der Waals surface area contributed by atoms with Gasteiger partial charge in [0.15, 0.2) is 0 Å². The van der Waals surface area contributed by atoms with Gasteiger partial charge in [-0.2, -0.15) is 0 Å². The van der Waals surface area contributed by atoms with Crippen LogP contribution in [0.5, 0.6) is 0 Å². The van der Waals surface area contributed by atoms with Gasteiger partial charge >= 0.3 is 0 Å². The van der Waals surface area contributed by atoms with Crippen molar-refractivity contribution in [2.45, 2.75) is 30.7 Å². The summed E-state index contributed by atoms with van der Waals surface area (Å²) in [7, 11) is 0. The number of carbonyl (C=O) groups is 2. The van der Waals surface area contributed by atoms with Gasteiger partial charge in [0.1, 0.15) is 11.5 Å². The standard InChI is InChI=1S/C17H17N3O3S/c1-10-7-12(19-23-10)14-3-2-6-20(14)17(22)11-4-5-15-13(8-11)18-16(21)9-24-15/h4-5,7-8,14H,2-3,6,9H2,1H3,(H,18,21). The van der Waals surface area contributed by atoms with E-state index >= 15 is 0 Å². The van der Waals surface area contributed by atoms with Crippen molar-refractivity contribution in [1.82, 2.24) is 10.1 Å². The molecule has 0 spiro atoms. The Morgan fingerprint density at radius 3 is 3.08 bits per heavy atom. The molecule has 2 aromatic rings. The van der Waals surface area contributed by atoms with Crippen LogP contribution in [0.25, 0.3) is 0 Å². The highest BCUT2D eigenvalue weighted by molar-refractivity contribution is 8.00. The van der Waals surface area contributed by atoms with E-state index in [9.17, 15) is 9.59 Å². The summed E-state index contributed by atoms with van der Waals surface area (Å²) >= 11 is 1.49. The first-order chi connectivity index (χ1) is 11.6. The monoisotopic (exact) mass is 343 g/mol. The highest BCUT2D eigenvalue weighted by atomic mass is 32.2. The van der Waals surface area contributed by atoms with Crippen molar-refractivity contribution in [3.8, 4) is 0 Å². The molecule has 1 saturated heterocycles. The fourth-order valence-corrected chi connectivity index (χ4v) is 4.03. The van der Waals surface area contributed by atoms with Gasteiger partial charge in [-0.1, -0.05) is 5.16 Å². The minimum absolute atomic E-state index is 0.0331. The van der Waals surface area contributed by atoms with Crippen molar-refractivity contribution >= 4 is 29.3 Å². The molecule has 2 aliphatic rings. The minimum atomic E-state index is -0.0463. The average molecular weight is 343 g/mol. The fraction of sp³-hybridized carbons (Fsp3) is 0.353. The molecule has 1 atom stereocenters. The molecular weight excluding hydrogens is 326 g/mol. The lowest BCUT2D eigenvalue weighted by atomic mass is 10.1. The third-order valence-electron chi connectivity index (χ3n) is 4.36. The molecule has 1 fully saturated rings. The predicted octanol–water partition coefficient (Wildman–Crippen LogP) is 3.00. The zero-order valence-electron chi connectivity index (χ0n) is 13.2. The van der Waals surface area contributed by atoms with Crippen molar-refractivity contribution in [3.05, 3.63) is 41.3 Å². The van der Waals surface area contributed by atoms with E-state index in [1.807, 2.05) is 30.0 Å². The SMILES string of the molecule is Cc1cc(C2CCCN2C(=O)c2ccc3c(c2)NC(=O)CS3)no1. The number of rotatable bonds is 2. The van der Waals surface area contributed by atoms with Crippen molar-refractivity contribution in [1.29, 1.82) is 0 Å². The van der Waals surface area contributed by atoms with Gasteiger partial charge < -0.3 is 14.7 Å². The molecular formula is C17H17N3O3S. The number of nitrogens with zero attached hydrogens (tertiary/aromatic N) is 2. The molecule has 0 saturated carbocycles. The number of hydrogen-bond acceptors (Lipinski definition) is 5. The summed E-state index contributed by atoms with van der Waals surface area (Å²) in [5, 5.41) is 6.91. The van der Waals surface area contributed by atoms with Gasteiger partial charge in [0, 0.05) is 23.1 Å². The van der Waals surface area contributed by atoms with E-state index in [-0.39, 0.29) is 17.9 Å². The zero-order chi connectivity index (χ0) is 16.7. The second kappa shape index (κ2) is 5.98. The number of anilines is 1. The zero-order valence-corrected chi connectivity index (χ0v) is 14.1. The van der Waals surface area contributed by atoms with Crippen LogP contribution >= 0.6 is 11.8 Å². The lowest BCUT2D eigenvalue weighted by Crippen LogP contribution is -2.31. The average Bonchev–Trinajstić information content (AvgIpc) is 3.22. The molecule has 1 aromatic heterocycles. The van der Waals surface area contributed by atoms with Crippen LogP contribution in [0.2, 0.25) is 0 Å². The molecule has 0 bridgehead atoms. The second-order valence-electron chi connectivity index (χ2n) is 6.07. The Balaban J connectivity index is 1.61. The van der Waals surface area contributed by atoms with Gasteiger partial charge in [-0.05, 0) is 38.0 Å². The molecule has 0 aliphatic carbocycles. The van der Waals surface area contributed by atoms with Gasteiger partial charge in [-0.25, -0.2) is 0 Å². The maximum absolute atomic E-state index is 13.0. The number of hydrogen-bond donors (Lipinski definition) is 1. The summed E-state index contributed by atoms with van der Waals surface area (Å²) in [6.07, 6.45) is 1.83.